The summed E-state index contributed by atoms with van der Waals surface area (Å²) in [7, 11) is 0. The van der Waals surface area contributed by atoms with E-state index in [0.717, 1.165) is 23.4 Å². The molecule has 0 aliphatic heterocycles. The van der Waals surface area contributed by atoms with Crippen molar-refractivity contribution < 1.29 is 4.79 Å². The van der Waals surface area contributed by atoms with Gasteiger partial charge in [0, 0.05) is 11.4 Å². The molecule has 0 bridgehead atoms. The molecule has 0 saturated heterocycles. The number of urea groups is 1. The predicted molar refractivity (Wildman–Crippen MR) is 84.6 cm³/mol. The smallest absolute Gasteiger partial charge is 0.333 e. The van der Waals surface area contributed by atoms with E-state index >= 15 is 0 Å². The molecule has 0 radical (unpaired) electrons. The fourth-order valence-corrected chi connectivity index (χ4v) is 2.41. The Morgan fingerprint density at radius 1 is 1.35 bits per heavy atom. The molecule has 0 atom stereocenters. The van der Waals surface area contributed by atoms with Gasteiger partial charge in [-0.2, -0.15) is 0 Å². The Hall–Kier alpha value is -2.05. The maximum Gasteiger partial charge on any atom is 0.333 e. The topological polar surface area (TPSA) is 79.2 Å². The summed E-state index contributed by atoms with van der Waals surface area (Å²) in [5, 5.41) is 4.75. The molecule has 5 nitrogen and oxygen atoms in total. The van der Waals surface area contributed by atoms with E-state index in [2.05, 4.69) is 16.2 Å². The highest BCUT2D eigenvalue weighted by molar-refractivity contribution is 7.13. The van der Waals surface area contributed by atoms with Crippen LogP contribution in [0.1, 0.15) is 13.3 Å². The summed E-state index contributed by atoms with van der Waals surface area (Å²) in [5.74, 6) is 0. The molecule has 0 aliphatic carbocycles. The molecule has 1 aromatic carbocycles. The van der Waals surface area contributed by atoms with Crippen LogP contribution in [0.15, 0.2) is 35.7 Å². The van der Waals surface area contributed by atoms with Crippen LogP contribution in [0.2, 0.25) is 0 Å². The summed E-state index contributed by atoms with van der Waals surface area (Å²) in [5.41, 5.74) is 13.4. The highest BCUT2D eigenvalue weighted by atomic mass is 32.1. The van der Waals surface area contributed by atoms with Gasteiger partial charge < -0.3 is 11.1 Å². The maximum atomic E-state index is 11.7. The van der Waals surface area contributed by atoms with Gasteiger partial charge in [-0.3, -0.25) is 5.43 Å². The number of rotatable bonds is 5. The highest BCUT2D eigenvalue weighted by Gasteiger charge is 2.07. The van der Waals surface area contributed by atoms with E-state index in [4.69, 9.17) is 5.73 Å². The molecule has 0 saturated carbocycles. The van der Waals surface area contributed by atoms with Crippen LogP contribution in [-0.4, -0.2) is 12.6 Å². The molecule has 1 aromatic heterocycles. The standard InChI is InChI=1S/C14H18N4OS/c1-2-7-16-18-14(19)17-12-9-10(5-6-11(12)15)13-4-3-8-20-13/h3-6,8-9,16H,2,7,15H2,1H3,(H2,17,18,19). The predicted octanol–water partition coefficient (Wildman–Crippen LogP) is 3.03. The van der Waals surface area contributed by atoms with Gasteiger partial charge >= 0.3 is 6.03 Å². The summed E-state index contributed by atoms with van der Waals surface area (Å²) < 4.78 is 0. The Kier molecular flexibility index (Phi) is 4.97. The average molecular weight is 290 g/mol. The molecule has 2 aromatic rings. The minimum atomic E-state index is -0.325. The number of nitrogens with two attached hydrogens (primary N) is 1. The number of hydrogen-bond acceptors (Lipinski definition) is 4. The van der Waals surface area contributed by atoms with E-state index < -0.39 is 0 Å². The lowest BCUT2D eigenvalue weighted by molar-refractivity contribution is 0.248. The lowest BCUT2D eigenvalue weighted by Gasteiger charge is -2.11. The van der Waals surface area contributed by atoms with Crippen LogP contribution in [0.25, 0.3) is 10.4 Å². The number of nitrogen functional groups attached to an aromatic ring is 1. The molecule has 6 heteroatoms. The van der Waals surface area contributed by atoms with E-state index in [-0.39, 0.29) is 6.03 Å². The zero-order valence-electron chi connectivity index (χ0n) is 11.3. The normalized spacial score (nSPS) is 10.2. The van der Waals surface area contributed by atoms with Crippen molar-refractivity contribution in [3.8, 4) is 10.4 Å². The number of carbonyl (C=O) groups excluding carboxylic acids is 1. The van der Waals surface area contributed by atoms with Crippen molar-refractivity contribution in [3.05, 3.63) is 35.7 Å². The van der Waals surface area contributed by atoms with Crippen LogP contribution in [0.3, 0.4) is 0 Å². The molecular weight excluding hydrogens is 272 g/mol. The molecule has 5 N–H and O–H groups in total. The summed E-state index contributed by atoms with van der Waals surface area (Å²) in [6, 6.07) is 9.31. The second kappa shape index (κ2) is 6.93. The van der Waals surface area contributed by atoms with Gasteiger partial charge in [0.2, 0.25) is 0 Å². The molecule has 0 fully saturated rings. The first kappa shape index (κ1) is 14.4. The van der Waals surface area contributed by atoms with E-state index in [9.17, 15) is 4.79 Å². The fourth-order valence-electron chi connectivity index (χ4n) is 1.68. The minimum absolute atomic E-state index is 0.325. The quantitative estimate of drug-likeness (QED) is 0.388. The van der Waals surface area contributed by atoms with Gasteiger partial charge in [-0.15, -0.1) is 11.3 Å². The molecule has 0 aliphatic rings. The first-order valence-corrected chi connectivity index (χ1v) is 7.32. The van der Waals surface area contributed by atoms with Crippen molar-refractivity contribution >= 4 is 28.7 Å². The second-order valence-corrected chi connectivity index (χ2v) is 5.23. The van der Waals surface area contributed by atoms with Crippen molar-refractivity contribution in [2.45, 2.75) is 13.3 Å². The first-order chi connectivity index (χ1) is 9.70. The third kappa shape index (κ3) is 3.72. The van der Waals surface area contributed by atoms with Gasteiger partial charge in [0.1, 0.15) is 0 Å². The van der Waals surface area contributed by atoms with Crippen molar-refractivity contribution in [1.29, 1.82) is 0 Å². The lowest BCUT2D eigenvalue weighted by atomic mass is 10.1. The lowest BCUT2D eigenvalue weighted by Crippen LogP contribution is -2.40. The Labute approximate surface area is 122 Å². The van der Waals surface area contributed by atoms with E-state index in [1.807, 2.05) is 36.6 Å². The molecule has 2 rings (SSSR count). The third-order valence-corrected chi connectivity index (χ3v) is 3.60. The molecule has 2 amide bonds. The minimum Gasteiger partial charge on any atom is -0.397 e. The number of hydrogen-bond donors (Lipinski definition) is 4. The van der Waals surface area contributed by atoms with E-state index in [1.165, 1.54) is 0 Å². The summed E-state index contributed by atoms with van der Waals surface area (Å²) in [6.45, 7) is 2.74. The van der Waals surface area contributed by atoms with Crippen LogP contribution in [0.5, 0.6) is 0 Å². The Balaban J connectivity index is 2.07. The van der Waals surface area contributed by atoms with Gasteiger partial charge in [0.05, 0.1) is 11.4 Å². The van der Waals surface area contributed by atoms with Crippen LogP contribution >= 0.6 is 11.3 Å². The number of nitrogens with one attached hydrogen (secondary N) is 3. The van der Waals surface area contributed by atoms with Crippen molar-refractivity contribution in [2.24, 2.45) is 0 Å². The SMILES string of the molecule is CCCNNC(=O)Nc1cc(-c2cccs2)ccc1N. The van der Waals surface area contributed by atoms with Crippen molar-refractivity contribution in [3.63, 3.8) is 0 Å². The Bertz CT molecular complexity index is 569. The van der Waals surface area contributed by atoms with Crippen molar-refractivity contribution in [1.82, 2.24) is 10.9 Å². The van der Waals surface area contributed by atoms with E-state index in [0.29, 0.717) is 11.4 Å². The second-order valence-electron chi connectivity index (χ2n) is 4.29. The van der Waals surface area contributed by atoms with E-state index in [1.54, 1.807) is 17.4 Å². The van der Waals surface area contributed by atoms with Crippen LogP contribution in [0, 0.1) is 0 Å². The largest absolute Gasteiger partial charge is 0.397 e. The van der Waals surface area contributed by atoms with Crippen LogP contribution in [-0.2, 0) is 0 Å². The zero-order valence-corrected chi connectivity index (χ0v) is 12.1. The number of thiophene rings is 1. The molecule has 106 valence electrons. The number of benzene rings is 1. The zero-order chi connectivity index (χ0) is 14.4. The van der Waals surface area contributed by atoms with Gasteiger partial charge in [-0.05, 0) is 35.6 Å². The monoisotopic (exact) mass is 290 g/mol. The summed E-state index contributed by atoms with van der Waals surface area (Å²) >= 11 is 1.64. The van der Waals surface area contributed by atoms with Crippen molar-refractivity contribution in [2.75, 3.05) is 17.6 Å². The van der Waals surface area contributed by atoms with Gasteiger partial charge in [-0.25, -0.2) is 10.2 Å². The van der Waals surface area contributed by atoms with Crippen LogP contribution < -0.4 is 21.9 Å². The number of carbonyl (C=O) groups is 1. The fraction of sp³-hybridized carbons (Fsp3) is 0.214. The molecule has 1 heterocycles. The Morgan fingerprint density at radius 2 is 2.20 bits per heavy atom. The molecule has 0 unspecified atom stereocenters. The van der Waals surface area contributed by atoms with Gasteiger partial charge in [0.15, 0.2) is 0 Å². The molecule has 0 spiro atoms. The van der Waals surface area contributed by atoms with Crippen LogP contribution in [0.4, 0.5) is 16.2 Å². The number of hydrazine groups is 1. The Morgan fingerprint density at radius 3 is 2.90 bits per heavy atom. The third-order valence-electron chi connectivity index (χ3n) is 2.68. The highest BCUT2D eigenvalue weighted by Crippen LogP contribution is 2.29. The van der Waals surface area contributed by atoms with Gasteiger partial charge in [-0.1, -0.05) is 19.1 Å². The number of amides is 2. The summed E-state index contributed by atoms with van der Waals surface area (Å²) in [4.78, 5) is 12.8. The summed E-state index contributed by atoms with van der Waals surface area (Å²) in [6.07, 6.45) is 0.941. The average Bonchev–Trinajstić information content (AvgIpc) is 2.95. The molecular formula is C14H18N4OS. The molecule has 20 heavy (non-hydrogen) atoms. The van der Waals surface area contributed by atoms with Gasteiger partial charge in [0.25, 0.3) is 0 Å². The first-order valence-electron chi connectivity index (χ1n) is 6.44. The number of anilines is 2. The maximum absolute atomic E-state index is 11.7.